The van der Waals surface area contributed by atoms with E-state index < -0.39 is 20.0 Å². The number of hydrogen-bond donors (Lipinski definition) is 3. The second kappa shape index (κ2) is 48.3. The maximum atomic E-state index is 12.9. The number of phosphoric ester groups is 1. The lowest BCUT2D eigenvalue weighted by atomic mass is 10.0. The predicted molar refractivity (Wildman–Crippen MR) is 282 cm³/mol. The largest absolute Gasteiger partial charge is 0.472 e. The molecule has 65 heavy (non-hydrogen) atoms. The summed E-state index contributed by atoms with van der Waals surface area (Å²) in [5.74, 6) is -0.144. The van der Waals surface area contributed by atoms with Crippen LogP contribution in [0.5, 0.6) is 0 Å². The van der Waals surface area contributed by atoms with Crippen molar-refractivity contribution in [2.24, 2.45) is 0 Å². The first kappa shape index (κ1) is 64.2. The molecule has 0 fully saturated rings. The Morgan fingerprint density at radius 2 is 0.831 bits per heavy atom. The average Bonchev–Trinajstić information content (AvgIpc) is 3.26. The zero-order chi connectivity index (χ0) is 47.8. The molecule has 3 unspecified atom stereocenters. The van der Waals surface area contributed by atoms with E-state index in [2.05, 4.69) is 31.3 Å². The van der Waals surface area contributed by atoms with Gasteiger partial charge in [-0.25, -0.2) is 4.57 Å². The highest BCUT2D eigenvalue weighted by atomic mass is 31.2. The number of carbonyl (C=O) groups is 1. The molecule has 0 heterocycles. The molecule has 0 aromatic carbocycles. The zero-order valence-electron chi connectivity index (χ0n) is 44.3. The van der Waals surface area contributed by atoms with Gasteiger partial charge in [0.05, 0.1) is 39.9 Å². The van der Waals surface area contributed by atoms with Gasteiger partial charge in [-0.1, -0.05) is 257 Å². The van der Waals surface area contributed by atoms with E-state index in [1.807, 2.05) is 21.1 Å². The van der Waals surface area contributed by atoms with Gasteiger partial charge in [0.1, 0.15) is 13.2 Å². The summed E-state index contributed by atoms with van der Waals surface area (Å²) in [7, 11) is 1.62. The average molecular weight is 943 g/mol. The van der Waals surface area contributed by atoms with Crippen LogP contribution in [0.4, 0.5) is 0 Å². The van der Waals surface area contributed by atoms with Gasteiger partial charge in [-0.3, -0.25) is 13.8 Å². The Kier molecular flexibility index (Phi) is 47.7. The minimum absolute atomic E-state index is 0.0770. The van der Waals surface area contributed by atoms with Crippen molar-refractivity contribution in [3.05, 3.63) is 12.2 Å². The number of aliphatic hydroxyl groups is 1. The van der Waals surface area contributed by atoms with Crippen molar-refractivity contribution < 1.29 is 32.9 Å². The molecule has 0 spiro atoms. The molecular weight excluding hydrogens is 828 g/mol. The van der Waals surface area contributed by atoms with Gasteiger partial charge in [-0.05, 0) is 38.5 Å². The first-order valence-corrected chi connectivity index (χ1v) is 30.0. The lowest BCUT2D eigenvalue weighted by molar-refractivity contribution is -0.870. The number of likely N-dealkylation sites (N-methyl/N-ethyl adjacent to an activating group) is 1. The van der Waals surface area contributed by atoms with E-state index in [0.29, 0.717) is 23.9 Å². The molecule has 0 rings (SSSR count). The van der Waals surface area contributed by atoms with Crippen molar-refractivity contribution in [3.8, 4) is 0 Å². The number of carbonyl (C=O) groups excluding carboxylic acids is 1. The van der Waals surface area contributed by atoms with E-state index in [0.717, 1.165) is 38.5 Å². The van der Waals surface area contributed by atoms with Crippen molar-refractivity contribution in [1.29, 1.82) is 0 Å². The highest BCUT2D eigenvalue weighted by Crippen LogP contribution is 2.43. The molecule has 0 saturated heterocycles. The summed E-state index contributed by atoms with van der Waals surface area (Å²) in [4.78, 5) is 23.1. The zero-order valence-corrected chi connectivity index (χ0v) is 45.2. The van der Waals surface area contributed by atoms with Crippen molar-refractivity contribution in [2.75, 3.05) is 40.9 Å². The molecule has 0 aliphatic heterocycles. The van der Waals surface area contributed by atoms with Gasteiger partial charge in [0, 0.05) is 6.42 Å². The van der Waals surface area contributed by atoms with Crippen LogP contribution < -0.4 is 5.32 Å². The molecule has 0 bridgehead atoms. The van der Waals surface area contributed by atoms with E-state index in [-0.39, 0.29) is 19.1 Å². The molecule has 1 amide bonds. The summed E-state index contributed by atoms with van der Waals surface area (Å²) >= 11 is 0. The van der Waals surface area contributed by atoms with Crippen molar-refractivity contribution in [2.45, 2.75) is 302 Å². The van der Waals surface area contributed by atoms with Gasteiger partial charge in [0.15, 0.2) is 0 Å². The Balaban J connectivity index is 3.69. The van der Waals surface area contributed by atoms with Crippen LogP contribution in [0.3, 0.4) is 0 Å². The lowest BCUT2D eigenvalue weighted by Gasteiger charge is -2.26. The smallest absolute Gasteiger partial charge is 0.391 e. The van der Waals surface area contributed by atoms with Gasteiger partial charge in [0.2, 0.25) is 5.91 Å². The third-order valence-electron chi connectivity index (χ3n) is 13.3. The van der Waals surface area contributed by atoms with Crippen LogP contribution in [0.15, 0.2) is 12.2 Å². The second-order valence-corrected chi connectivity index (χ2v) is 22.5. The molecule has 0 aromatic heterocycles. The molecule has 0 aromatic rings. The molecule has 3 N–H and O–H groups in total. The van der Waals surface area contributed by atoms with Crippen LogP contribution in [-0.2, 0) is 18.4 Å². The summed E-state index contributed by atoms with van der Waals surface area (Å²) in [6.07, 6.45) is 59.1. The third-order valence-corrected chi connectivity index (χ3v) is 14.2. The first-order chi connectivity index (χ1) is 31.5. The summed E-state index contributed by atoms with van der Waals surface area (Å²) in [5, 5.41) is 13.8. The SMILES string of the molecule is CCCCCCCCCC/C=C\CCCCCCCCCCCCCCCCCCCCCCCCCCCC(=O)NC(COP(=O)(O)OCC[N+](C)(C)C)C(O)CCCCCCCC. The fraction of sp³-hybridized carbons (Fsp3) is 0.946. The number of allylic oxidation sites excluding steroid dienone is 2. The first-order valence-electron chi connectivity index (χ1n) is 28.6. The molecule has 9 heteroatoms. The minimum Gasteiger partial charge on any atom is -0.391 e. The van der Waals surface area contributed by atoms with E-state index >= 15 is 0 Å². The highest BCUT2D eigenvalue weighted by Gasteiger charge is 2.28. The normalized spacial score (nSPS) is 14.0. The Bertz CT molecular complexity index is 1070. The van der Waals surface area contributed by atoms with Crippen LogP contribution in [0.25, 0.3) is 0 Å². The number of nitrogens with one attached hydrogen (secondary N) is 1. The number of unbranched alkanes of at least 4 members (excludes halogenated alkanes) is 38. The quantitative estimate of drug-likeness (QED) is 0.0243. The van der Waals surface area contributed by atoms with E-state index in [4.69, 9.17) is 9.05 Å². The fourth-order valence-corrected chi connectivity index (χ4v) is 9.49. The molecule has 0 aliphatic rings. The molecule has 0 saturated carbocycles. The summed E-state index contributed by atoms with van der Waals surface area (Å²) in [6, 6.07) is -0.752. The van der Waals surface area contributed by atoms with Gasteiger partial charge < -0.3 is 19.8 Å². The van der Waals surface area contributed by atoms with Crippen molar-refractivity contribution in [1.82, 2.24) is 5.32 Å². The van der Waals surface area contributed by atoms with Crippen LogP contribution in [-0.4, -0.2) is 73.4 Å². The Morgan fingerprint density at radius 3 is 1.18 bits per heavy atom. The highest BCUT2D eigenvalue weighted by molar-refractivity contribution is 7.47. The number of nitrogens with zero attached hydrogens (tertiary/aromatic N) is 1. The number of phosphoric acid groups is 1. The Morgan fingerprint density at radius 1 is 0.508 bits per heavy atom. The minimum atomic E-state index is -4.30. The van der Waals surface area contributed by atoms with Gasteiger partial charge in [-0.2, -0.15) is 0 Å². The van der Waals surface area contributed by atoms with Crippen LogP contribution in [0.1, 0.15) is 290 Å². The molecule has 3 atom stereocenters. The van der Waals surface area contributed by atoms with Crippen LogP contribution in [0, 0.1) is 0 Å². The number of hydrogen-bond acceptors (Lipinski definition) is 5. The maximum Gasteiger partial charge on any atom is 0.472 e. The van der Waals surface area contributed by atoms with Gasteiger partial charge >= 0.3 is 7.82 Å². The Hall–Kier alpha value is -0.760. The van der Waals surface area contributed by atoms with E-state index in [1.54, 1.807) is 0 Å². The number of amides is 1. The summed E-state index contributed by atoms with van der Waals surface area (Å²) in [6.45, 7) is 4.85. The predicted octanol–water partition coefficient (Wildman–Crippen LogP) is 17.0. The van der Waals surface area contributed by atoms with Crippen molar-refractivity contribution in [3.63, 3.8) is 0 Å². The van der Waals surface area contributed by atoms with E-state index in [9.17, 15) is 19.4 Å². The second-order valence-electron chi connectivity index (χ2n) is 21.0. The molecule has 8 nitrogen and oxygen atoms in total. The fourth-order valence-electron chi connectivity index (χ4n) is 8.75. The lowest BCUT2D eigenvalue weighted by Crippen LogP contribution is -2.46. The molecule has 0 radical (unpaired) electrons. The van der Waals surface area contributed by atoms with Gasteiger partial charge in [0.25, 0.3) is 0 Å². The molecule has 388 valence electrons. The van der Waals surface area contributed by atoms with E-state index in [1.165, 1.54) is 225 Å². The van der Waals surface area contributed by atoms with Gasteiger partial charge in [-0.15, -0.1) is 0 Å². The third kappa shape index (κ3) is 50.9. The monoisotopic (exact) mass is 942 g/mol. The topological polar surface area (TPSA) is 105 Å². The summed E-state index contributed by atoms with van der Waals surface area (Å²) < 4.78 is 23.5. The van der Waals surface area contributed by atoms with Crippen LogP contribution in [0.2, 0.25) is 0 Å². The summed E-state index contributed by atoms with van der Waals surface area (Å²) in [5.41, 5.74) is 0. The number of quaternary nitrogens is 1. The number of rotatable bonds is 53. The molecule has 0 aliphatic carbocycles. The number of aliphatic hydroxyl groups excluding tert-OH is 1. The standard InChI is InChI=1S/C56H113N2O6P/c1-6-8-10-12-14-15-16-17-18-19-20-21-22-23-24-25-26-27-28-29-30-31-32-33-34-35-36-37-38-39-40-41-42-43-44-46-48-50-56(60)57-54(55(59)49-47-45-13-11-9-7-2)53-64-65(61,62)63-52-51-58(3,4)5/h19-20,54-55,59H,6-18,21-53H2,1-5H3,(H-,57,60,61,62)/p+1/b20-19-. The van der Waals surface area contributed by atoms with Crippen molar-refractivity contribution >= 4 is 13.7 Å². The Labute approximate surface area is 405 Å². The maximum absolute atomic E-state index is 12.9. The van der Waals surface area contributed by atoms with Crippen LogP contribution >= 0.6 is 7.82 Å². The molecular formula is C56H114N2O6P+.